The monoisotopic (exact) mass is 480 g/mol. The molecule has 8 nitrogen and oxygen atoms in total. The van der Waals surface area contributed by atoms with Crippen LogP contribution in [0.2, 0.25) is 0 Å². The summed E-state index contributed by atoms with van der Waals surface area (Å²) in [5.74, 6) is -0.107. The number of phenols is 2. The van der Waals surface area contributed by atoms with E-state index in [9.17, 15) is 20.1 Å². The van der Waals surface area contributed by atoms with Crippen LogP contribution in [0.5, 0.6) is 17.2 Å². The zero-order valence-electron chi connectivity index (χ0n) is 20.0. The standard InChI is InChI=1S/C27H32N2O6/c1-29-12-11-26-22-16-5-8-20(31)23(22)35-24(26)18(9-10-27(26,34-2)21(29)14-16)28-19(25(32)33)13-15-3-6-17(30)7-4-15/h3-8,18-19,21,24,28,30-31H,9-14H2,1-2H3,(H,32,33)/t18-,19+,21-,24+,26+,27-/m1/s1. The summed E-state index contributed by atoms with van der Waals surface area (Å²) in [7, 11) is 3.94. The van der Waals surface area contributed by atoms with Gasteiger partial charge in [0.05, 0.1) is 11.0 Å². The summed E-state index contributed by atoms with van der Waals surface area (Å²) >= 11 is 0. The molecule has 2 aromatic carbocycles. The van der Waals surface area contributed by atoms with E-state index in [4.69, 9.17) is 9.47 Å². The highest BCUT2D eigenvalue weighted by Crippen LogP contribution is 2.66. The first-order valence-corrected chi connectivity index (χ1v) is 12.3. The van der Waals surface area contributed by atoms with Crippen LogP contribution in [0.4, 0.5) is 0 Å². The van der Waals surface area contributed by atoms with Crippen LogP contribution in [-0.4, -0.2) is 76.7 Å². The quantitative estimate of drug-likeness (QED) is 0.498. The zero-order valence-corrected chi connectivity index (χ0v) is 20.0. The number of hydrogen-bond donors (Lipinski definition) is 4. The predicted octanol–water partition coefficient (Wildman–Crippen LogP) is 2.19. The minimum Gasteiger partial charge on any atom is -0.508 e. The van der Waals surface area contributed by atoms with E-state index >= 15 is 0 Å². The third-order valence-corrected chi connectivity index (χ3v) is 9.14. The fourth-order valence-electron chi connectivity index (χ4n) is 7.65. The maximum atomic E-state index is 12.3. The van der Waals surface area contributed by atoms with Gasteiger partial charge in [0.25, 0.3) is 0 Å². The Hall–Kier alpha value is -2.81. The summed E-state index contributed by atoms with van der Waals surface area (Å²) in [6.07, 6.45) is 3.06. The van der Waals surface area contributed by atoms with Gasteiger partial charge < -0.3 is 29.7 Å². The highest BCUT2D eigenvalue weighted by molar-refractivity contribution is 5.74. The number of likely N-dealkylation sites (tertiary alicyclic amines) is 1. The molecule has 4 N–H and O–H groups in total. The van der Waals surface area contributed by atoms with Gasteiger partial charge in [-0.2, -0.15) is 0 Å². The van der Waals surface area contributed by atoms with Crippen LogP contribution in [-0.2, 0) is 27.8 Å². The van der Waals surface area contributed by atoms with Gasteiger partial charge in [0.2, 0.25) is 0 Å². The molecule has 1 saturated heterocycles. The second kappa shape index (κ2) is 7.85. The zero-order chi connectivity index (χ0) is 24.5. The van der Waals surface area contributed by atoms with E-state index in [0.717, 1.165) is 36.9 Å². The first kappa shape index (κ1) is 22.6. The molecular weight excluding hydrogens is 448 g/mol. The molecule has 1 spiro atoms. The molecule has 2 fully saturated rings. The fraction of sp³-hybridized carbons (Fsp3) is 0.519. The second-order valence-electron chi connectivity index (χ2n) is 10.6. The highest BCUT2D eigenvalue weighted by Gasteiger charge is 2.73. The minimum atomic E-state index is -0.928. The SMILES string of the molecule is CO[C@@]12CC[C@@H](N[C@@H](Cc3ccc(O)cc3)C(=O)O)[C@@H]3Oc4c(O)ccc5c4[C@@]31CCN(C)[C@@H]2C5. The molecule has 0 aromatic heterocycles. The number of methoxy groups -OCH3 is 1. The van der Waals surface area contributed by atoms with Gasteiger partial charge in [-0.1, -0.05) is 18.2 Å². The van der Waals surface area contributed by atoms with E-state index in [-0.39, 0.29) is 36.1 Å². The highest BCUT2D eigenvalue weighted by atomic mass is 16.5. The number of carboxylic acids is 1. The number of aromatic hydroxyl groups is 2. The van der Waals surface area contributed by atoms with E-state index < -0.39 is 23.0 Å². The van der Waals surface area contributed by atoms with Crippen molar-refractivity contribution < 1.29 is 29.6 Å². The van der Waals surface area contributed by atoms with Crippen LogP contribution in [0.15, 0.2) is 36.4 Å². The number of rotatable bonds is 6. The van der Waals surface area contributed by atoms with E-state index in [2.05, 4.69) is 17.3 Å². The normalized spacial score (nSPS) is 33.6. The number of aliphatic carboxylic acids is 1. The van der Waals surface area contributed by atoms with Crippen LogP contribution in [0.1, 0.15) is 36.0 Å². The number of nitrogens with zero attached hydrogens (tertiary/aromatic N) is 1. The van der Waals surface area contributed by atoms with Gasteiger partial charge in [-0.05, 0) is 75.0 Å². The second-order valence-corrected chi connectivity index (χ2v) is 10.6. The van der Waals surface area contributed by atoms with E-state index in [0.29, 0.717) is 12.2 Å². The lowest BCUT2D eigenvalue weighted by Gasteiger charge is -2.65. The van der Waals surface area contributed by atoms with Crippen molar-refractivity contribution in [2.45, 2.75) is 67.3 Å². The maximum absolute atomic E-state index is 12.3. The molecule has 2 aliphatic carbocycles. The molecule has 2 heterocycles. The molecule has 186 valence electrons. The number of phenolic OH excluding ortho intramolecular Hbond substituents is 2. The molecule has 35 heavy (non-hydrogen) atoms. The third kappa shape index (κ3) is 3.00. The lowest BCUT2D eigenvalue weighted by atomic mass is 9.48. The summed E-state index contributed by atoms with van der Waals surface area (Å²) in [4.78, 5) is 14.7. The van der Waals surface area contributed by atoms with Crippen LogP contribution in [0, 0.1) is 0 Å². The summed E-state index contributed by atoms with van der Waals surface area (Å²) in [5, 5.41) is 33.9. The molecule has 2 aliphatic heterocycles. The molecule has 8 heteroatoms. The van der Waals surface area contributed by atoms with Crippen molar-refractivity contribution in [3.05, 3.63) is 53.1 Å². The first-order chi connectivity index (χ1) is 16.8. The lowest BCUT2D eigenvalue weighted by molar-refractivity contribution is -0.204. The van der Waals surface area contributed by atoms with Gasteiger partial charge in [-0.15, -0.1) is 0 Å². The molecule has 6 rings (SSSR count). The molecular formula is C27H32N2O6. The van der Waals surface area contributed by atoms with Gasteiger partial charge >= 0.3 is 5.97 Å². The number of likely N-dealkylation sites (N-methyl/N-ethyl adjacent to an activating group) is 1. The van der Waals surface area contributed by atoms with Crippen molar-refractivity contribution in [1.82, 2.24) is 10.2 Å². The van der Waals surface area contributed by atoms with Crippen molar-refractivity contribution in [1.29, 1.82) is 0 Å². The molecule has 0 radical (unpaired) electrons. The summed E-state index contributed by atoms with van der Waals surface area (Å²) in [6, 6.07) is 9.50. The Morgan fingerprint density at radius 1 is 1.23 bits per heavy atom. The molecule has 2 bridgehead atoms. The van der Waals surface area contributed by atoms with Crippen molar-refractivity contribution in [3.63, 3.8) is 0 Å². The van der Waals surface area contributed by atoms with Gasteiger partial charge in [0.1, 0.15) is 17.9 Å². The van der Waals surface area contributed by atoms with Crippen LogP contribution in [0.25, 0.3) is 0 Å². The van der Waals surface area contributed by atoms with E-state index in [1.54, 1.807) is 37.4 Å². The Kier molecular flexibility index (Phi) is 5.08. The smallest absolute Gasteiger partial charge is 0.321 e. The molecule has 4 aliphatic rings. The van der Waals surface area contributed by atoms with E-state index in [1.807, 2.05) is 6.07 Å². The third-order valence-electron chi connectivity index (χ3n) is 9.14. The molecule has 2 aromatic rings. The van der Waals surface area contributed by atoms with Gasteiger partial charge in [0.15, 0.2) is 11.5 Å². The maximum Gasteiger partial charge on any atom is 0.321 e. The lowest BCUT2D eigenvalue weighted by Crippen LogP contribution is -2.78. The number of carbonyl (C=O) groups is 1. The number of carboxylic acid groups (broad SMARTS) is 1. The number of hydrogen-bond acceptors (Lipinski definition) is 7. The Labute approximate surface area is 204 Å². The molecule has 0 unspecified atom stereocenters. The predicted molar refractivity (Wildman–Crippen MR) is 128 cm³/mol. The average Bonchev–Trinajstić information content (AvgIpc) is 3.20. The summed E-state index contributed by atoms with van der Waals surface area (Å²) < 4.78 is 13.0. The topological polar surface area (TPSA) is 111 Å². The van der Waals surface area contributed by atoms with Crippen molar-refractivity contribution >= 4 is 5.97 Å². The fourth-order valence-corrected chi connectivity index (χ4v) is 7.65. The average molecular weight is 481 g/mol. The van der Waals surface area contributed by atoms with E-state index in [1.165, 1.54) is 5.56 Å². The molecule has 1 saturated carbocycles. The summed E-state index contributed by atoms with van der Waals surface area (Å²) in [6.45, 7) is 0.882. The molecule has 0 amide bonds. The Morgan fingerprint density at radius 2 is 2.00 bits per heavy atom. The largest absolute Gasteiger partial charge is 0.508 e. The Balaban J connectivity index is 1.40. The first-order valence-electron chi connectivity index (χ1n) is 12.3. The van der Waals surface area contributed by atoms with Crippen LogP contribution >= 0.6 is 0 Å². The number of ether oxygens (including phenoxy) is 2. The van der Waals surface area contributed by atoms with Crippen LogP contribution in [0.3, 0.4) is 0 Å². The van der Waals surface area contributed by atoms with Crippen molar-refractivity contribution in [2.75, 3.05) is 20.7 Å². The Morgan fingerprint density at radius 3 is 2.71 bits per heavy atom. The van der Waals surface area contributed by atoms with Crippen molar-refractivity contribution in [2.24, 2.45) is 0 Å². The van der Waals surface area contributed by atoms with Crippen LogP contribution < -0.4 is 10.1 Å². The number of benzene rings is 2. The summed E-state index contributed by atoms with van der Waals surface area (Å²) in [5.41, 5.74) is 2.15. The number of piperidine rings is 1. The van der Waals surface area contributed by atoms with Gasteiger partial charge in [-0.3, -0.25) is 10.1 Å². The number of nitrogens with one attached hydrogen (secondary N) is 1. The van der Waals surface area contributed by atoms with Gasteiger partial charge in [-0.25, -0.2) is 0 Å². The van der Waals surface area contributed by atoms with Gasteiger partial charge in [0, 0.05) is 24.8 Å². The minimum absolute atomic E-state index is 0.132. The molecule has 6 atom stereocenters. The Bertz CT molecular complexity index is 1170. The van der Waals surface area contributed by atoms with Crippen molar-refractivity contribution in [3.8, 4) is 17.2 Å².